The van der Waals surface area contributed by atoms with Gasteiger partial charge in [-0.15, -0.1) is 0 Å². The molecule has 0 spiro atoms. The van der Waals surface area contributed by atoms with Crippen LogP contribution in [-0.4, -0.2) is 19.9 Å². The van der Waals surface area contributed by atoms with Crippen molar-refractivity contribution in [3.63, 3.8) is 0 Å². The third-order valence-corrected chi connectivity index (χ3v) is 3.10. The van der Waals surface area contributed by atoms with Gasteiger partial charge in [0.05, 0.1) is 6.20 Å². The Hall–Kier alpha value is -2.63. The van der Waals surface area contributed by atoms with Gasteiger partial charge in [-0.25, -0.2) is 0 Å². The minimum absolute atomic E-state index is 0.592. The summed E-state index contributed by atoms with van der Waals surface area (Å²) in [6.45, 7) is 2.79. The lowest BCUT2D eigenvalue weighted by Crippen LogP contribution is -2.00. The van der Waals surface area contributed by atoms with Gasteiger partial charge in [-0.2, -0.15) is 10.1 Å². The summed E-state index contributed by atoms with van der Waals surface area (Å²) in [5, 5.41) is 11.4. The second kappa shape index (κ2) is 5.16. The van der Waals surface area contributed by atoms with E-state index in [1.54, 1.807) is 4.68 Å². The summed E-state index contributed by atoms with van der Waals surface area (Å²) in [6, 6.07) is 6.04. The largest absolute Gasteiger partial charge is 0.381 e. The second-order valence-electron chi connectivity index (χ2n) is 4.66. The summed E-state index contributed by atoms with van der Waals surface area (Å²) in [5.74, 6) is 0.592. The molecule has 6 nitrogen and oxygen atoms in total. The Morgan fingerprint density at radius 1 is 1.35 bits per heavy atom. The molecule has 102 valence electrons. The maximum Gasteiger partial charge on any atom is 0.214 e. The molecule has 2 aromatic heterocycles. The first-order chi connectivity index (χ1) is 9.72. The van der Waals surface area contributed by atoms with E-state index in [-0.39, 0.29) is 0 Å². The number of rotatable bonds is 4. The quantitative estimate of drug-likeness (QED) is 0.787. The van der Waals surface area contributed by atoms with E-state index >= 15 is 0 Å². The van der Waals surface area contributed by atoms with Crippen molar-refractivity contribution in [2.24, 2.45) is 7.05 Å². The number of hydrogen-bond acceptors (Lipinski definition) is 5. The van der Waals surface area contributed by atoms with Crippen LogP contribution in [-0.2, 0) is 13.6 Å². The zero-order chi connectivity index (χ0) is 13.9. The Bertz CT molecular complexity index is 702. The van der Waals surface area contributed by atoms with Gasteiger partial charge in [-0.1, -0.05) is 17.3 Å². The van der Waals surface area contributed by atoms with Crippen LogP contribution in [0.5, 0.6) is 0 Å². The van der Waals surface area contributed by atoms with Crippen molar-refractivity contribution in [1.82, 2.24) is 19.9 Å². The van der Waals surface area contributed by atoms with E-state index in [1.165, 1.54) is 12.0 Å². The molecule has 0 radical (unpaired) electrons. The summed E-state index contributed by atoms with van der Waals surface area (Å²) in [7, 11) is 1.91. The number of anilines is 1. The smallest absolute Gasteiger partial charge is 0.214 e. The molecule has 0 fully saturated rings. The molecule has 0 saturated carbocycles. The summed E-state index contributed by atoms with van der Waals surface area (Å²) >= 11 is 0. The standard InChI is InChI=1S/C14H15N5O/c1-10-3-4-12(14-16-9-20-18-14)5-13(10)15-6-11-7-17-19(2)8-11/h3-5,7-9,15H,6H2,1-2H3. The van der Waals surface area contributed by atoms with Crippen LogP contribution in [0.3, 0.4) is 0 Å². The summed E-state index contributed by atoms with van der Waals surface area (Å²) in [4.78, 5) is 4.06. The van der Waals surface area contributed by atoms with Gasteiger partial charge >= 0.3 is 0 Å². The molecule has 0 aliphatic rings. The van der Waals surface area contributed by atoms with Crippen LogP contribution in [0.4, 0.5) is 5.69 Å². The topological polar surface area (TPSA) is 68.8 Å². The van der Waals surface area contributed by atoms with Gasteiger partial charge in [0.15, 0.2) is 0 Å². The lowest BCUT2D eigenvalue weighted by Gasteiger charge is -2.09. The van der Waals surface area contributed by atoms with Crippen molar-refractivity contribution in [3.05, 3.63) is 48.1 Å². The molecule has 0 saturated heterocycles. The van der Waals surface area contributed by atoms with E-state index in [2.05, 4.69) is 27.5 Å². The number of benzene rings is 1. The van der Waals surface area contributed by atoms with Gasteiger partial charge < -0.3 is 9.84 Å². The minimum atomic E-state index is 0.592. The third kappa shape index (κ3) is 2.54. The molecule has 0 bridgehead atoms. The highest BCUT2D eigenvalue weighted by Crippen LogP contribution is 2.23. The zero-order valence-electron chi connectivity index (χ0n) is 11.4. The number of nitrogens with one attached hydrogen (secondary N) is 1. The molecule has 20 heavy (non-hydrogen) atoms. The van der Waals surface area contributed by atoms with E-state index < -0.39 is 0 Å². The van der Waals surface area contributed by atoms with Crippen molar-refractivity contribution in [1.29, 1.82) is 0 Å². The van der Waals surface area contributed by atoms with Crippen LogP contribution in [0.1, 0.15) is 11.1 Å². The van der Waals surface area contributed by atoms with Gasteiger partial charge in [0, 0.05) is 36.6 Å². The first kappa shape index (κ1) is 12.4. The maximum absolute atomic E-state index is 4.78. The van der Waals surface area contributed by atoms with Crippen molar-refractivity contribution in [2.45, 2.75) is 13.5 Å². The van der Waals surface area contributed by atoms with Crippen LogP contribution < -0.4 is 5.32 Å². The average Bonchev–Trinajstić information content (AvgIpc) is 3.09. The lowest BCUT2D eigenvalue weighted by atomic mass is 10.1. The molecule has 3 rings (SSSR count). The maximum atomic E-state index is 4.78. The molecule has 6 heteroatoms. The van der Waals surface area contributed by atoms with Gasteiger partial charge in [0.25, 0.3) is 0 Å². The predicted octanol–water partition coefficient (Wildman–Crippen LogP) is 2.39. The Morgan fingerprint density at radius 3 is 2.95 bits per heavy atom. The zero-order valence-corrected chi connectivity index (χ0v) is 11.4. The molecular formula is C14H15N5O. The van der Waals surface area contributed by atoms with Crippen LogP contribution in [0.2, 0.25) is 0 Å². The lowest BCUT2D eigenvalue weighted by molar-refractivity contribution is 0.419. The van der Waals surface area contributed by atoms with Gasteiger partial charge in [0.1, 0.15) is 0 Å². The Kier molecular flexibility index (Phi) is 3.20. The van der Waals surface area contributed by atoms with Gasteiger partial charge in [-0.3, -0.25) is 4.68 Å². The highest BCUT2D eigenvalue weighted by molar-refractivity contribution is 5.64. The second-order valence-corrected chi connectivity index (χ2v) is 4.66. The number of nitrogens with zero attached hydrogens (tertiary/aromatic N) is 4. The highest BCUT2D eigenvalue weighted by atomic mass is 16.5. The fraction of sp³-hybridized carbons (Fsp3) is 0.214. The Balaban J connectivity index is 1.80. The molecule has 0 unspecified atom stereocenters. The Morgan fingerprint density at radius 2 is 2.25 bits per heavy atom. The number of hydrogen-bond donors (Lipinski definition) is 1. The molecule has 0 aliphatic carbocycles. The Labute approximate surface area is 116 Å². The average molecular weight is 269 g/mol. The summed E-state index contributed by atoms with van der Waals surface area (Å²) in [6.07, 6.45) is 5.18. The van der Waals surface area contributed by atoms with Gasteiger partial charge in [0.2, 0.25) is 12.2 Å². The fourth-order valence-corrected chi connectivity index (χ4v) is 2.01. The minimum Gasteiger partial charge on any atom is -0.381 e. The third-order valence-electron chi connectivity index (χ3n) is 3.10. The highest BCUT2D eigenvalue weighted by Gasteiger charge is 2.06. The van der Waals surface area contributed by atoms with Crippen molar-refractivity contribution >= 4 is 5.69 Å². The van der Waals surface area contributed by atoms with Crippen LogP contribution in [0, 0.1) is 6.92 Å². The monoisotopic (exact) mass is 269 g/mol. The van der Waals surface area contributed by atoms with Crippen LogP contribution >= 0.6 is 0 Å². The molecule has 3 aromatic rings. The van der Waals surface area contributed by atoms with Crippen molar-refractivity contribution < 1.29 is 4.52 Å². The van der Waals surface area contributed by atoms with E-state index in [0.29, 0.717) is 5.82 Å². The first-order valence-corrected chi connectivity index (χ1v) is 6.31. The summed E-state index contributed by atoms with van der Waals surface area (Å²) in [5.41, 5.74) is 4.28. The fourth-order valence-electron chi connectivity index (χ4n) is 2.01. The van der Waals surface area contributed by atoms with Crippen LogP contribution in [0.25, 0.3) is 11.4 Å². The van der Waals surface area contributed by atoms with Crippen LogP contribution in [0.15, 0.2) is 41.5 Å². The van der Waals surface area contributed by atoms with Gasteiger partial charge in [-0.05, 0) is 18.6 Å². The van der Waals surface area contributed by atoms with E-state index in [9.17, 15) is 0 Å². The SMILES string of the molecule is Cc1ccc(-c2ncon2)cc1NCc1cnn(C)c1. The number of aryl methyl sites for hydroxylation is 2. The molecule has 0 aliphatic heterocycles. The number of aromatic nitrogens is 4. The van der Waals surface area contributed by atoms with E-state index in [1.807, 2.05) is 37.6 Å². The molecule has 0 amide bonds. The van der Waals surface area contributed by atoms with E-state index in [4.69, 9.17) is 4.52 Å². The molecule has 0 atom stereocenters. The molecule has 2 heterocycles. The molecular weight excluding hydrogens is 254 g/mol. The van der Waals surface area contributed by atoms with Crippen molar-refractivity contribution in [3.8, 4) is 11.4 Å². The summed E-state index contributed by atoms with van der Waals surface area (Å²) < 4.78 is 6.57. The van der Waals surface area contributed by atoms with E-state index in [0.717, 1.165) is 23.4 Å². The molecule has 1 aromatic carbocycles. The predicted molar refractivity (Wildman–Crippen MR) is 75.0 cm³/mol. The first-order valence-electron chi connectivity index (χ1n) is 6.31. The normalized spacial score (nSPS) is 10.7. The molecule has 1 N–H and O–H groups in total. The van der Waals surface area contributed by atoms with Crippen molar-refractivity contribution in [2.75, 3.05) is 5.32 Å².